The normalized spacial score (nSPS) is 10.7. The highest BCUT2D eigenvalue weighted by Crippen LogP contribution is 2.24. The van der Waals surface area contributed by atoms with Gasteiger partial charge < -0.3 is 4.74 Å². The molecule has 16 heavy (non-hydrogen) atoms. The molecule has 0 radical (unpaired) electrons. The Bertz CT molecular complexity index is 367. The van der Waals surface area contributed by atoms with Crippen LogP contribution in [0, 0.1) is 5.41 Å². The fourth-order valence-corrected chi connectivity index (χ4v) is 0.998. The first kappa shape index (κ1) is 12.0. The summed E-state index contributed by atoms with van der Waals surface area (Å²) in [6, 6.07) is 4.93. The van der Waals surface area contributed by atoms with Crippen LogP contribution in [0.25, 0.3) is 0 Å². The maximum atomic E-state index is 11.8. The van der Waals surface area contributed by atoms with Gasteiger partial charge in [-0.25, -0.2) is 5.01 Å². The number of nitrogens with zero attached hydrogens (tertiary/aromatic N) is 2. The van der Waals surface area contributed by atoms with E-state index in [9.17, 15) is 13.2 Å². The molecule has 1 aromatic rings. The third-order valence-corrected chi connectivity index (χ3v) is 1.61. The van der Waals surface area contributed by atoms with Crippen LogP contribution in [0.1, 0.15) is 0 Å². The highest BCUT2D eigenvalue weighted by Gasteiger charge is 2.30. The van der Waals surface area contributed by atoms with Crippen molar-refractivity contribution in [3.8, 4) is 5.75 Å². The van der Waals surface area contributed by atoms with Crippen LogP contribution in [-0.2, 0) is 0 Å². The summed E-state index contributed by atoms with van der Waals surface area (Å²) in [5.41, 5.74) is 0.416. The zero-order valence-corrected chi connectivity index (χ0v) is 8.03. The van der Waals surface area contributed by atoms with Gasteiger partial charge in [0.2, 0.25) is 0 Å². The van der Waals surface area contributed by atoms with Gasteiger partial charge in [0.05, 0.1) is 5.69 Å². The molecule has 0 fully saturated rings. The largest absolute Gasteiger partial charge is 0.573 e. The van der Waals surface area contributed by atoms with Crippen LogP contribution < -0.4 is 9.75 Å². The van der Waals surface area contributed by atoms with Crippen molar-refractivity contribution < 1.29 is 17.9 Å². The summed E-state index contributed by atoms with van der Waals surface area (Å²) in [7, 11) is 0. The number of ether oxygens (including phenoxy) is 1. The second-order valence-corrected chi connectivity index (χ2v) is 2.66. The molecule has 0 aromatic heterocycles. The van der Waals surface area contributed by atoms with E-state index in [4.69, 9.17) is 5.41 Å². The summed E-state index contributed by atoms with van der Waals surface area (Å²) in [5.74, 6) is -0.328. The molecule has 0 atom stereocenters. The average molecular weight is 231 g/mol. The van der Waals surface area contributed by atoms with Gasteiger partial charge in [-0.2, -0.15) is 5.10 Å². The van der Waals surface area contributed by atoms with E-state index in [2.05, 4.69) is 16.6 Å². The Hall–Kier alpha value is -2.05. The Labute approximate surface area is 89.4 Å². The first-order valence-corrected chi connectivity index (χ1v) is 4.08. The highest BCUT2D eigenvalue weighted by molar-refractivity contribution is 5.76. The first-order valence-electron chi connectivity index (χ1n) is 4.08. The van der Waals surface area contributed by atoms with Crippen LogP contribution in [0.15, 0.2) is 29.4 Å². The minimum Gasteiger partial charge on any atom is -0.406 e. The monoisotopic (exact) mass is 231 g/mol. The summed E-state index contributed by atoms with van der Waals surface area (Å²) >= 11 is 0. The lowest BCUT2D eigenvalue weighted by Crippen LogP contribution is -2.17. The predicted octanol–water partition coefficient (Wildman–Crippen LogP) is 2.61. The second kappa shape index (κ2) is 4.65. The summed E-state index contributed by atoms with van der Waals surface area (Å²) in [6.45, 7) is 3.20. The molecule has 0 aliphatic carbocycles. The van der Waals surface area contributed by atoms with Crippen LogP contribution in [0.5, 0.6) is 5.75 Å². The maximum Gasteiger partial charge on any atom is 0.573 e. The Morgan fingerprint density at radius 3 is 2.25 bits per heavy atom. The fraction of sp³-hybridized carbons (Fsp3) is 0.111. The molecule has 0 spiro atoms. The Morgan fingerprint density at radius 1 is 1.31 bits per heavy atom. The lowest BCUT2D eigenvalue weighted by molar-refractivity contribution is -0.274. The van der Waals surface area contributed by atoms with Crippen molar-refractivity contribution in [3.63, 3.8) is 0 Å². The maximum absolute atomic E-state index is 11.8. The lowest BCUT2D eigenvalue weighted by Gasteiger charge is -2.13. The zero-order valence-electron chi connectivity index (χ0n) is 8.03. The second-order valence-electron chi connectivity index (χ2n) is 2.66. The Balaban J connectivity index is 2.82. The molecule has 0 aliphatic rings. The van der Waals surface area contributed by atoms with Crippen molar-refractivity contribution in [2.75, 3.05) is 5.01 Å². The van der Waals surface area contributed by atoms with E-state index in [1.807, 2.05) is 0 Å². The minimum atomic E-state index is -4.71. The standard InChI is InChI=1S/C9H8F3N3O/c1-14-15(6-13)7-2-4-8(5-3-7)16-9(10,11)12/h2-6,13H,1H2. The van der Waals surface area contributed by atoms with Crippen LogP contribution in [0.3, 0.4) is 0 Å². The molecule has 7 heteroatoms. The van der Waals surface area contributed by atoms with Crippen molar-refractivity contribution in [1.29, 1.82) is 5.41 Å². The van der Waals surface area contributed by atoms with Crippen LogP contribution in [0.2, 0.25) is 0 Å². The molecule has 0 aliphatic heterocycles. The van der Waals surface area contributed by atoms with Gasteiger partial charge in [0.15, 0.2) is 0 Å². The van der Waals surface area contributed by atoms with Crippen molar-refractivity contribution in [2.24, 2.45) is 5.10 Å². The van der Waals surface area contributed by atoms with E-state index in [1.54, 1.807) is 0 Å². The number of alkyl halides is 3. The van der Waals surface area contributed by atoms with E-state index in [0.717, 1.165) is 23.5 Å². The Morgan fingerprint density at radius 2 is 1.88 bits per heavy atom. The number of benzene rings is 1. The van der Waals surface area contributed by atoms with Gasteiger partial charge in [-0.3, -0.25) is 5.41 Å². The zero-order chi connectivity index (χ0) is 12.2. The smallest absolute Gasteiger partial charge is 0.406 e. The molecule has 0 saturated heterocycles. The van der Waals surface area contributed by atoms with Gasteiger partial charge >= 0.3 is 6.36 Å². The van der Waals surface area contributed by atoms with Gasteiger partial charge in [-0.05, 0) is 24.3 Å². The summed E-state index contributed by atoms with van der Waals surface area (Å²) in [4.78, 5) is 0. The van der Waals surface area contributed by atoms with Crippen LogP contribution >= 0.6 is 0 Å². The molecule has 1 N–H and O–H groups in total. The molecule has 1 aromatic carbocycles. The molecule has 0 heterocycles. The number of halogens is 3. The van der Waals surface area contributed by atoms with E-state index in [0.29, 0.717) is 5.69 Å². The molecule has 0 saturated carbocycles. The number of rotatable bonds is 4. The number of hydrogen-bond acceptors (Lipinski definition) is 3. The fourth-order valence-electron chi connectivity index (χ4n) is 0.998. The van der Waals surface area contributed by atoms with E-state index in [-0.39, 0.29) is 5.75 Å². The quantitative estimate of drug-likeness (QED) is 0.492. The minimum absolute atomic E-state index is 0.328. The lowest BCUT2D eigenvalue weighted by atomic mass is 10.3. The third-order valence-electron chi connectivity index (χ3n) is 1.61. The average Bonchev–Trinajstić information content (AvgIpc) is 2.20. The topological polar surface area (TPSA) is 48.7 Å². The molecule has 0 unspecified atom stereocenters. The summed E-state index contributed by atoms with van der Waals surface area (Å²) < 4.78 is 39.2. The number of nitrogens with one attached hydrogen (secondary N) is 1. The highest BCUT2D eigenvalue weighted by atomic mass is 19.4. The van der Waals surface area contributed by atoms with Crippen molar-refractivity contribution in [3.05, 3.63) is 24.3 Å². The number of hydrogen-bond donors (Lipinski definition) is 1. The first-order chi connectivity index (χ1) is 7.46. The predicted molar refractivity (Wildman–Crippen MR) is 53.9 cm³/mol. The van der Waals surface area contributed by atoms with E-state index >= 15 is 0 Å². The van der Waals surface area contributed by atoms with Gasteiger partial charge in [0.1, 0.15) is 12.1 Å². The van der Waals surface area contributed by atoms with E-state index in [1.165, 1.54) is 12.1 Å². The number of hydrazone groups is 1. The van der Waals surface area contributed by atoms with Crippen molar-refractivity contribution >= 4 is 18.7 Å². The van der Waals surface area contributed by atoms with Gasteiger partial charge in [-0.1, -0.05) is 0 Å². The molecule has 1 rings (SSSR count). The van der Waals surface area contributed by atoms with Gasteiger partial charge in [0.25, 0.3) is 0 Å². The number of anilines is 1. The Kier molecular flexibility index (Phi) is 3.49. The van der Waals surface area contributed by atoms with Crippen molar-refractivity contribution in [1.82, 2.24) is 0 Å². The summed E-state index contributed by atoms with van der Waals surface area (Å²) in [5, 5.41) is 11.5. The van der Waals surface area contributed by atoms with Gasteiger partial charge in [-0.15, -0.1) is 13.2 Å². The third kappa shape index (κ3) is 3.26. The molecule has 4 nitrogen and oxygen atoms in total. The van der Waals surface area contributed by atoms with Crippen LogP contribution in [0.4, 0.5) is 18.9 Å². The molecule has 0 amide bonds. The molecule has 0 bridgehead atoms. The summed E-state index contributed by atoms with van der Waals surface area (Å²) in [6.07, 6.45) is -3.83. The van der Waals surface area contributed by atoms with Crippen LogP contribution in [-0.4, -0.2) is 19.4 Å². The molecule has 86 valence electrons. The van der Waals surface area contributed by atoms with Gasteiger partial charge in [0, 0.05) is 6.72 Å². The SMILES string of the molecule is C=NN(C=N)c1ccc(OC(F)(F)F)cc1. The van der Waals surface area contributed by atoms with Crippen molar-refractivity contribution in [2.45, 2.75) is 6.36 Å². The van der Waals surface area contributed by atoms with E-state index < -0.39 is 6.36 Å². The molecular weight excluding hydrogens is 223 g/mol. The molecular formula is C9H8F3N3O.